The summed E-state index contributed by atoms with van der Waals surface area (Å²) in [5.41, 5.74) is 0.877. The maximum Gasteiger partial charge on any atom is 0.164 e. The molecule has 0 saturated carbocycles. The highest BCUT2D eigenvalue weighted by Crippen LogP contribution is 2.32. The van der Waals surface area contributed by atoms with E-state index in [0.29, 0.717) is 5.92 Å². The lowest BCUT2D eigenvalue weighted by atomic mass is 9.97. The van der Waals surface area contributed by atoms with Crippen molar-refractivity contribution in [3.05, 3.63) is 10.9 Å². The van der Waals surface area contributed by atoms with E-state index in [2.05, 4.69) is 40.8 Å². The fourth-order valence-corrected chi connectivity index (χ4v) is 4.41. The van der Waals surface area contributed by atoms with Crippen molar-refractivity contribution in [2.24, 2.45) is 13.0 Å². The van der Waals surface area contributed by atoms with E-state index in [1.807, 2.05) is 7.05 Å². The van der Waals surface area contributed by atoms with E-state index < -0.39 is 0 Å². The molecule has 2 aromatic rings. The van der Waals surface area contributed by atoms with Crippen LogP contribution in [0.5, 0.6) is 0 Å². The highest BCUT2D eigenvalue weighted by molar-refractivity contribution is 9.10. The first kappa shape index (κ1) is 16.2. The Morgan fingerprint density at radius 3 is 2.92 bits per heavy atom. The summed E-state index contributed by atoms with van der Waals surface area (Å²) < 4.78 is 8.09. The van der Waals surface area contributed by atoms with Gasteiger partial charge in [0.2, 0.25) is 0 Å². The third-order valence-corrected chi connectivity index (χ3v) is 5.55. The summed E-state index contributed by atoms with van der Waals surface area (Å²) in [7, 11) is 1.92. The Kier molecular flexibility index (Phi) is 4.69. The van der Waals surface area contributed by atoms with Gasteiger partial charge in [0.15, 0.2) is 5.65 Å². The Hall–Kier alpha value is -1.25. The van der Waals surface area contributed by atoms with Crippen LogP contribution in [0.25, 0.3) is 11.0 Å². The summed E-state index contributed by atoms with van der Waals surface area (Å²) in [4.78, 5) is 13.9. The van der Waals surface area contributed by atoms with E-state index in [-0.39, 0.29) is 0 Å². The van der Waals surface area contributed by atoms with Crippen LogP contribution in [0, 0.1) is 5.92 Å². The lowest BCUT2D eigenvalue weighted by Gasteiger charge is -2.37. The molecule has 8 heteroatoms. The van der Waals surface area contributed by atoms with Gasteiger partial charge in [-0.05, 0) is 34.7 Å². The number of aromatic nitrogens is 4. The van der Waals surface area contributed by atoms with Crippen molar-refractivity contribution < 1.29 is 4.74 Å². The second-order valence-electron chi connectivity index (χ2n) is 6.68. The van der Waals surface area contributed by atoms with Crippen molar-refractivity contribution >= 4 is 32.8 Å². The van der Waals surface area contributed by atoms with Crippen molar-refractivity contribution in [1.29, 1.82) is 0 Å². The molecule has 4 rings (SSSR count). The Balaban J connectivity index is 1.54. The molecule has 0 spiro atoms. The highest BCUT2D eigenvalue weighted by atomic mass is 79.9. The summed E-state index contributed by atoms with van der Waals surface area (Å²) in [6.07, 6.45) is 4.14. The molecule has 2 aliphatic heterocycles. The number of nitrogens with zero attached hydrogens (tertiary/aromatic N) is 6. The van der Waals surface area contributed by atoms with Crippen molar-refractivity contribution in [2.75, 3.05) is 50.8 Å². The second kappa shape index (κ2) is 6.93. The van der Waals surface area contributed by atoms with Crippen molar-refractivity contribution in [1.82, 2.24) is 24.6 Å². The normalized spacial score (nSPS) is 23.1. The number of fused-ring (bicyclic) bond motifs is 1. The van der Waals surface area contributed by atoms with E-state index >= 15 is 0 Å². The third-order valence-electron chi connectivity index (χ3n) is 5.00. The van der Waals surface area contributed by atoms with Crippen molar-refractivity contribution in [2.45, 2.75) is 12.8 Å². The number of morpholine rings is 1. The van der Waals surface area contributed by atoms with Crippen LogP contribution in [0.3, 0.4) is 0 Å². The topological polar surface area (TPSA) is 59.3 Å². The van der Waals surface area contributed by atoms with E-state index in [1.165, 1.54) is 12.8 Å². The zero-order chi connectivity index (χ0) is 16.5. The summed E-state index contributed by atoms with van der Waals surface area (Å²) in [5, 5.41) is 5.46. The van der Waals surface area contributed by atoms with Gasteiger partial charge in [-0.1, -0.05) is 0 Å². The molecule has 0 bridgehead atoms. The number of aryl methyl sites for hydroxylation is 1. The molecule has 0 N–H and O–H groups in total. The predicted molar refractivity (Wildman–Crippen MR) is 96.2 cm³/mol. The number of rotatable bonds is 3. The molecule has 1 unspecified atom stereocenters. The molecule has 2 saturated heterocycles. The van der Waals surface area contributed by atoms with Crippen LogP contribution in [0.4, 0.5) is 5.82 Å². The van der Waals surface area contributed by atoms with Gasteiger partial charge >= 0.3 is 0 Å². The summed E-state index contributed by atoms with van der Waals surface area (Å²) in [5.74, 6) is 1.68. The Morgan fingerprint density at radius 1 is 1.25 bits per heavy atom. The number of piperidine rings is 1. The smallest absolute Gasteiger partial charge is 0.164 e. The van der Waals surface area contributed by atoms with E-state index in [9.17, 15) is 0 Å². The van der Waals surface area contributed by atoms with Crippen molar-refractivity contribution in [3.63, 3.8) is 0 Å². The second-order valence-corrected chi connectivity index (χ2v) is 7.43. The molecule has 0 aliphatic carbocycles. The minimum atomic E-state index is 0.678. The van der Waals surface area contributed by atoms with Gasteiger partial charge in [0, 0.05) is 39.8 Å². The lowest BCUT2D eigenvalue weighted by molar-refractivity contribution is 0.0296. The monoisotopic (exact) mass is 394 g/mol. The van der Waals surface area contributed by atoms with E-state index in [4.69, 9.17) is 4.74 Å². The molecule has 7 nitrogen and oxygen atoms in total. The zero-order valence-corrected chi connectivity index (χ0v) is 15.6. The van der Waals surface area contributed by atoms with Gasteiger partial charge in [0.1, 0.15) is 16.7 Å². The lowest BCUT2D eigenvalue weighted by Crippen LogP contribution is -2.44. The van der Waals surface area contributed by atoms with Crippen LogP contribution in [0.15, 0.2) is 10.9 Å². The first-order chi connectivity index (χ1) is 11.7. The molecular formula is C16H23BrN6O. The molecule has 130 valence electrons. The van der Waals surface area contributed by atoms with Crippen LogP contribution in [0.1, 0.15) is 12.8 Å². The number of hydrogen-bond donors (Lipinski definition) is 0. The summed E-state index contributed by atoms with van der Waals surface area (Å²) in [6.45, 7) is 7.10. The number of hydrogen-bond acceptors (Lipinski definition) is 6. The van der Waals surface area contributed by atoms with E-state index in [0.717, 1.165) is 67.4 Å². The van der Waals surface area contributed by atoms with Crippen LogP contribution in [-0.2, 0) is 11.8 Å². The molecule has 1 atom stereocenters. The van der Waals surface area contributed by atoms with Gasteiger partial charge in [-0.2, -0.15) is 5.10 Å². The van der Waals surface area contributed by atoms with Crippen LogP contribution < -0.4 is 4.90 Å². The third kappa shape index (κ3) is 3.14. The van der Waals surface area contributed by atoms with Gasteiger partial charge in [-0.3, -0.25) is 4.90 Å². The molecule has 0 aromatic carbocycles. The first-order valence-electron chi connectivity index (χ1n) is 8.60. The van der Waals surface area contributed by atoms with Gasteiger partial charge in [0.05, 0.1) is 18.6 Å². The minimum Gasteiger partial charge on any atom is -0.379 e. The molecule has 0 radical (unpaired) electrons. The molecule has 2 fully saturated rings. The Bertz CT molecular complexity index is 714. The van der Waals surface area contributed by atoms with Gasteiger partial charge in [0.25, 0.3) is 0 Å². The highest BCUT2D eigenvalue weighted by Gasteiger charge is 2.26. The minimum absolute atomic E-state index is 0.678. The molecule has 2 aliphatic rings. The van der Waals surface area contributed by atoms with Gasteiger partial charge in [-0.25, -0.2) is 14.6 Å². The molecule has 4 heterocycles. The SMILES string of the molecule is Cn1nc(Br)c2c(N3CCCC(CN4CCOCC4)C3)ncnc21. The van der Waals surface area contributed by atoms with Crippen LogP contribution in [0.2, 0.25) is 0 Å². The zero-order valence-electron chi connectivity index (χ0n) is 14.0. The average Bonchev–Trinajstić information content (AvgIpc) is 2.91. The Labute approximate surface area is 150 Å². The van der Waals surface area contributed by atoms with E-state index in [1.54, 1.807) is 11.0 Å². The number of halogens is 1. The maximum absolute atomic E-state index is 5.46. The number of ether oxygens (including phenoxy) is 1. The maximum atomic E-state index is 5.46. The summed E-state index contributed by atoms with van der Waals surface area (Å²) in [6, 6.07) is 0. The fourth-order valence-electron chi connectivity index (χ4n) is 3.82. The summed E-state index contributed by atoms with van der Waals surface area (Å²) >= 11 is 3.57. The van der Waals surface area contributed by atoms with Gasteiger partial charge in [-0.15, -0.1) is 0 Å². The molecule has 0 amide bonds. The predicted octanol–water partition coefficient (Wildman–Crippen LogP) is 1.67. The Morgan fingerprint density at radius 2 is 2.08 bits per heavy atom. The molecular weight excluding hydrogens is 372 g/mol. The van der Waals surface area contributed by atoms with Crippen LogP contribution in [-0.4, -0.2) is 70.6 Å². The number of anilines is 1. The van der Waals surface area contributed by atoms with Crippen molar-refractivity contribution in [3.8, 4) is 0 Å². The van der Waals surface area contributed by atoms with Crippen LogP contribution >= 0.6 is 15.9 Å². The first-order valence-corrected chi connectivity index (χ1v) is 9.40. The standard InChI is InChI=1S/C16H23BrN6O/c1-21-15-13(14(17)20-21)16(19-11-18-15)23-4-2-3-12(10-23)9-22-5-7-24-8-6-22/h11-12H,2-10H2,1H3. The quantitative estimate of drug-likeness (QED) is 0.788. The molecule has 24 heavy (non-hydrogen) atoms. The average molecular weight is 395 g/mol. The molecule has 2 aromatic heterocycles. The van der Waals surface area contributed by atoms with Gasteiger partial charge < -0.3 is 9.64 Å². The fraction of sp³-hybridized carbons (Fsp3) is 0.688. The largest absolute Gasteiger partial charge is 0.379 e.